The second-order valence-electron chi connectivity index (χ2n) is 5.15. The largest absolute Gasteiger partial charge is 0.383 e. The van der Waals surface area contributed by atoms with Crippen LogP contribution in [0.3, 0.4) is 0 Å². The van der Waals surface area contributed by atoms with Crippen molar-refractivity contribution in [2.75, 3.05) is 39.9 Å². The molecule has 2 rings (SSSR count). The Labute approximate surface area is 128 Å². The van der Waals surface area contributed by atoms with E-state index in [9.17, 15) is 0 Å². The van der Waals surface area contributed by atoms with Gasteiger partial charge in [-0.05, 0) is 60.4 Å². The average Bonchev–Trinajstić information content (AvgIpc) is 2.82. The van der Waals surface area contributed by atoms with Crippen molar-refractivity contribution in [2.45, 2.75) is 19.4 Å². The lowest BCUT2D eigenvalue weighted by Crippen LogP contribution is -2.37. The molecule has 5 heteroatoms. The number of nitrogens with zero attached hydrogens (tertiary/aromatic N) is 1. The minimum Gasteiger partial charge on any atom is -0.383 e. The molecule has 0 aliphatic carbocycles. The van der Waals surface area contributed by atoms with Crippen LogP contribution in [0.25, 0.3) is 0 Å². The van der Waals surface area contributed by atoms with Gasteiger partial charge in [0, 0.05) is 34.9 Å². The van der Waals surface area contributed by atoms with Gasteiger partial charge >= 0.3 is 0 Å². The molecule has 1 N–H and O–H groups in total. The Bertz CT molecular complexity index is 364. The molecule has 1 aliphatic rings. The molecule has 108 valence electrons. The molecule has 0 atom stereocenters. The van der Waals surface area contributed by atoms with E-state index in [0.717, 1.165) is 32.2 Å². The van der Waals surface area contributed by atoms with Gasteiger partial charge in [-0.15, -0.1) is 11.3 Å². The maximum Gasteiger partial charge on any atom is 0.0587 e. The first-order valence-corrected chi connectivity index (χ1v) is 8.60. The van der Waals surface area contributed by atoms with Crippen molar-refractivity contribution in [1.82, 2.24) is 10.2 Å². The van der Waals surface area contributed by atoms with Crippen LogP contribution in [-0.4, -0.2) is 44.8 Å². The zero-order chi connectivity index (χ0) is 13.5. The Kier molecular flexibility index (Phi) is 6.81. The molecule has 0 spiro atoms. The summed E-state index contributed by atoms with van der Waals surface area (Å²) in [5.74, 6) is 0.836. The quantitative estimate of drug-likeness (QED) is 0.768. The fraction of sp³-hybridized carbons (Fsp3) is 0.714. The van der Waals surface area contributed by atoms with E-state index >= 15 is 0 Å². The van der Waals surface area contributed by atoms with Gasteiger partial charge in [0.25, 0.3) is 0 Å². The molecule has 0 unspecified atom stereocenters. The van der Waals surface area contributed by atoms with Gasteiger partial charge in [0.15, 0.2) is 0 Å². The SMILES string of the molecule is COCCNCC1CCN(Cc2cc(Br)cs2)CC1. The Morgan fingerprint density at radius 2 is 2.26 bits per heavy atom. The van der Waals surface area contributed by atoms with Gasteiger partial charge in [-0.1, -0.05) is 0 Å². The van der Waals surface area contributed by atoms with Crippen LogP contribution < -0.4 is 5.32 Å². The monoisotopic (exact) mass is 346 g/mol. The number of thiophene rings is 1. The summed E-state index contributed by atoms with van der Waals surface area (Å²) in [5, 5.41) is 5.64. The summed E-state index contributed by atoms with van der Waals surface area (Å²) in [6.07, 6.45) is 2.62. The second kappa shape index (κ2) is 8.37. The van der Waals surface area contributed by atoms with E-state index in [1.165, 1.54) is 35.3 Å². The van der Waals surface area contributed by atoms with Crippen molar-refractivity contribution in [3.8, 4) is 0 Å². The number of nitrogens with one attached hydrogen (secondary N) is 1. The second-order valence-corrected chi connectivity index (χ2v) is 7.06. The summed E-state index contributed by atoms with van der Waals surface area (Å²) in [6, 6.07) is 2.24. The molecule has 1 fully saturated rings. The number of hydrogen-bond acceptors (Lipinski definition) is 4. The Morgan fingerprint density at radius 1 is 1.47 bits per heavy atom. The van der Waals surface area contributed by atoms with Crippen molar-refractivity contribution < 1.29 is 4.74 Å². The topological polar surface area (TPSA) is 24.5 Å². The van der Waals surface area contributed by atoms with Crippen molar-refractivity contribution in [1.29, 1.82) is 0 Å². The summed E-state index contributed by atoms with van der Waals surface area (Å²) >= 11 is 5.37. The molecule has 1 aromatic rings. The van der Waals surface area contributed by atoms with E-state index in [2.05, 4.69) is 37.6 Å². The average molecular weight is 347 g/mol. The summed E-state index contributed by atoms with van der Waals surface area (Å²) in [7, 11) is 1.75. The van der Waals surface area contributed by atoms with Crippen LogP contribution >= 0.6 is 27.3 Å². The molecule has 0 radical (unpaired) electrons. The van der Waals surface area contributed by atoms with Gasteiger partial charge in [-0.2, -0.15) is 0 Å². The third kappa shape index (κ3) is 5.52. The molecule has 1 saturated heterocycles. The number of methoxy groups -OCH3 is 1. The minimum absolute atomic E-state index is 0.812. The molecule has 3 nitrogen and oxygen atoms in total. The Balaban J connectivity index is 1.62. The zero-order valence-electron chi connectivity index (χ0n) is 11.5. The molecule has 0 saturated carbocycles. The molecule has 0 bridgehead atoms. The van der Waals surface area contributed by atoms with Crippen LogP contribution in [0.1, 0.15) is 17.7 Å². The fourth-order valence-corrected chi connectivity index (χ4v) is 3.98. The van der Waals surface area contributed by atoms with E-state index in [4.69, 9.17) is 4.74 Å². The number of hydrogen-bond donors (Lipinski definition) is 1. The molecule has 19 heavy (non-hydrogen) atoms. The molecular weight excluding hydrogens is 324 g/mol. The van der Waals surface area contributed by atoms with E-state index < -0.39 is 0 Å². The summed E-state index contributed by atoms with van der Waals surface area (Å²) in [5.41, 5.74) is 0. The summed E-state index contributed by atoms with van der Waals surface area (Å²) in [6.45, 7) is 6.49. The van der Waals surface area contributed by atoms with Gasteiger partial charge in [0.05, 0.1) is 6.61 Å². The van der Waals surface area contributed by atoms with Crippen LogP contribution in [0.15, 0.2) is 15.9 Å². The minimum atomic E-state index is 0.812. The van der Waals surface area contributed by atoms with Gasteiger partial charge in [0.2, 0.25) is 0 Å². The molecule has 0 amide bonds. The lowest BCUT2D eigenvalue weighted by molar-refractivity contribution is 0.169. The maximum atomic E-state index is 5.04. The smallest absolute Gasteiger partial charge is 0.0587 e. The van der Waals surface area contributed by atoms with Crippen LogP contribution in [0.5, 0.6) is 0 Å². The molecule has 1 aromatic heterocycles. The normalized spacial score (nSPS) is 18.0. The van der Waals surface area contributed by atoms with E-state index in [1.807, 2.05) is 11.3 Å². The van der Waals surface area contributed by atoms with Crippen molar-refractivity contribution in [2.24, 2.45) is 5.92 Å². The molecule has 1 aliphatic heterocycles. The van der Waals surface area contributed by atoms with E-state index in [1.54, 1.807) is 7.11 Å². The summed E-state index contributed by atoms with van der Waals surface area (Å²) < 4.78 is 6.26. The lowest BCUT2D eigenvalue weighted by atomic mass is 9.97. The van der Waals surface area contributed by atoms with Crippen LogP contribution in [0.4, 0.5) is 0 Å². The maximum absolute atomic E-state index is 5.04. The number of piperidine rings is 1. The van der Waals surface area contributed by atoms with Gasteiger partial charge in [0.1, 0.15) is 0 Å². The molecule has 0 aromatic carbocycles. The number of rotatable bonds is 7. The molecular formula is C14H23BrN2OS. The zero-order valence-corrected chi connectivity index (χ0v) is 13.9. The third-order valence-electron chi connectivity index (χ3n) is 3.62. The van der Waals surface area contributed by atoms with Crippen LogP contribution in [0.2, 0.25) is 0 Å². The fourth-order valence-electron chi connectivity index (χ4n) is 2.49. The number of ether oxygens (including phenoxy) is 1. The lowest BCUT2D eigenvalue weighted by Gasteiger charge is -2.31. The van der Waals surface area contributed by atoms with E-state index in [-0.39, 0.29) is 0 Å². The van der Waals surface area contributed by atoms with Crippen molar-refractivity contribution >= 4 is 27.3 Å². The predicted molar refractivity (Wildman–Crippen MR) is 84.8 cm³/mol. The first-order chi connectivity index (χ1) is 9.28. The number of likely N-dealkylation sites (tertiary alicyclic amines) is 1. The highest BCUT2D eigenvalue weighted by Gasteiger charge is 2.19. The summed E-state index contributed by atoms with van der Waals surface area (Å²) in [4.78, 5) is 4.03. The van der Waals surface area contributed by atoms with Crippen LogP contribution in [-0.2, 0) is 11.3 Å². The van der Waals surface area contributed by atoms with Gasteiger partial charge in [-0.25, -0.2) is 0 Å². The highest BCUT2D eigenvalue weighted by molar-refractivity contribution is 9.10. The first-order valence-electron chi connectivity index (χ1n) is 6.93. The third-order valence-corrected chi connectivity index (χ3v) is 5.31. The first kappa shape index (κ1) is 15.4. The van der Waals surface area contributed by atoms with Crippen molar-refractivity contribution in [3.05, 3.63) is 20.8 Å². The van der Waals surface area contributed by atoms with Crippen molar-refractivity contribution in [3.63, 3.8) is 0 Å². The Hall–Kier alpha value is 0.0600. The van der Waals surface area contributed by atoms with Gasteiger partial charge in [-0.3, -0.25) is 4.90 Å². The van der Waals surface area contributed by atoms with Crippen LogP contribution in [0, 0.1) is 5.92 Å². The highest BCUT2D eigenvalue weighted by atomic mass is 79.9. The van der Waals surface area contributed by atoms with E-state index in [0.29, 0.717) is 0 Å². The Morgan fingerprint density at radius 3 is 2.89 bits per heavy atom. The van der Waals surface area contributed by atoms with Gasteiger partial charge < -0.3 is 10.1 Å². The predicted octanol–water partition coefficient (Wildman–Crippen LogP) is 2.96. The highest BCUT2D eigenvalue weighted by Crippen LogP contribution is 2.23. The standard InChI is InChI=1S/C14H23BrN2OS/c1-18-7-4-16-9-12-2-5-17(6-3-12)10-14-8-13(15)11-19-14/h8,11-12,16H,2-7,9-10H2,1H3. The molecule has 2 heterocycles. The number of halogens is 1.